The van der Waals surface area contributed by atoms with Crippen LogP contribution in [-0.2, 0) is 23.1 Å². The predicted octanol–water partition coefficient (Wildman–Crippen LogP) is 5.95. The first kappa shape index (κ1) is 25.9. The first-order chi connectivity index (χ1) is 16.3. The van der Waals surface area contributed by atoms with Gasteiger partial charge in [0.2, 0.25) is 10.0 Å². The zero-order chi connectivity index (χ0) is 24.6. The SMILES string of the molecule is C=C[C@@H](NS(=O)(=O)c1ccc(C)cc1)[C@H](CC(C)C)N(Cc1ccccc1)Cc1ccccc1. The third kappa shape index (κ3) is 7.39. The summed E-state index contributed by atoms with van der Waals surface area (Å²) in [5.74, 6) is 0.380. The van der Waals surface area contributed by atoms with Gasteiger partial charge in [0.05, 0.1) is 10.9 Å². The average Bonchev–Trinajstić information content (AvgIpc) is 2.82. The highest BCUT2D eigenvalue weighted by molar-refractivity contribution is 7.89. The van der Waals surface area contributed by atoms with Gasteiger partial charge in [-0.3, -0.25) is 4.90 Å². The molecule has 0 unspecified atom stereocenters. The van der Waals surface area contributed by atoms with Crippen molar-refractivity contribution in [3.05, 3.63) is 114 Å². The third-order valence-electron chi connectivity index (χ3n) is 5.93. The second-order valence-corrected chi connectivity index (χ2v) is 11.0. The lowest BCUT2D eigenvalue weighted by Gasteiger charge is -2.37. The van der Waals surface area contributed by atoms with Gasteiger partial charge in [-0.05, 0) is 42.5 Å². The monoisotopic (exact) mass is 476 g/mol. The summed E-state index contributed by atoms with van der Waals surface area (Å²) in [4.78, 5) is 2.64. The fourth-order valence-corrected chi connectivity index (χ4v) is 5.42. The summed E-state index contributed by atoms with van der Waals surface area (Å²) in [6, 6.07) is 27.1. The Morgan fingerprint density at radius 3 is 1.79 bits per heavy atom. The van der Waals surface area contributed by atoms with E-state index in [0.29, 0.717) is 19.0 Å². The van der Waals surface area contributed by atoms with Crippen molar-refractivity contribution in [2.24, 2.45) is 5.92 Å². The first-order valence-corrected chi connectivity index (χ1v) is 13.3. The summed E-state index contributed by atoms with van der Waals surface area (Å²) in [5.41, 5.74) is 3.40. The van der Waals surface area contributed by atoms with Crippen molar-refractivity contribution in [2.75, 3.05) is 0 Å². The minimum absolute atomic E-state index is 0.0712. The Morgan fingerprint density at radius 1 is 0.853 bits per heavy atom. The zero-order valence-electron chi connectivity index (χ0n) is 20.4. The Kier molecular flexibility index (Phi) is 9.22. The van der Waals surface area contributed by atoms with Crippen LogP contribution in [0.3, 0.4) is 0 Å². The Morgan fingerprint density at radius 2 is 1.35 bits per heavy atom. The van der Waals surface area contributed by atoms with Crippen LogP contribution >= 0.6 is 0 Å². The van der Waals surface area contributed by atoms with E-state index in [1.807, 2.05) is 55.5 Å². The number of rotatable bonds is 12. The van der Waals surface area contributed by atoms with Gasteiger partial charge in [-0.25, -0.2) is 13.1 Å². The van der Waals surface area contributed by atoms with Crippen molar-refractivity contribution in [1.82, 2.24) is 9.62 Å². The molecule has 0 saturated carbocycles. The quantitative estimate of drug-likeness (QED) is 0.329. The molecule has 1 N–H and O–H groups in total. The smallest absolute Gasteiger partial charge is 0.241 e. The van der Waals surface area contributed by atoms with E-state index in [1.54, 1.807) is 18.2 Å². The van der Waals surface area contributed by atoms with Crippen LogP contribution in [0, 0.1) is 12.8 Å². The van der Waals surface area contributed by atoms with Crippen molar-refractivity contribution in [3.63, 3.8) is 0 Å². The molecule has 0 heterocycles. The highest BCUT2D eigenvalue weighted by Crippen LogP contribution is 2.23. The molecule has 4 nitrogen and oxygen atoms in total. The van der Waals surface area contributed by atoms with Crippen LogP contribution in [0.1, 0.15) is 37.0 Å². The van der Waals surface area contributed by atoms with E-state index in [0.717, 1.165) is 12.0 Å². The molecule has 5 heteroatoms. The van der Waals surface area contributed by atoms with Crippen molar-refractivity contribution >= 4 is 10.0 Å². The van der Waals surface area contributed by atoms with Crippen LogP contribution in [0.15, 0.2) is 102 Å². The van der Waals surface area contributed by atoms with Gasteiger partial charge >= 0.3 is 0 Å². The van der Waals surface area contributed by atoms with Crippen LogP contribution in [0.2, 0.25) is 0 Å². The van der Waals surface area contributed by atoms with E-state index >= 15 is 0 Å². The molecule has 0 amide bonds. The lowest BCUT2D eigenvalue weighted by Crippen LogP contribution is -2.50. The van der Waals surface area contributed by atoms with Gasteiger partial charge in [0.1, 0.15) is 0 Å². The molecule has 3 rings (SSSR count). The topological polar surface area (TPSA) is 49.4 Å². The number of aryl methyl sites for hydroxylation is 1. The maximum Gasteiger partial charge on any atom is 0.241 e. The number of benzene rings is 3. The molecule has 34 heavy (non-hydrogen) atoms. The van der Waals surface area contributed by atoms with Crippen molar-refractivity contribution < 1.29 is 8.42 Å². The highest BCUT2D eigenvalue weighted by Gasteiger charge is 2.30. The molecule has 0 aromatic heterocycles. The van der Waals surface area contributed by atoms with Crippen molar-refractivity contribution in [3.8, 4) is 0 Å². The molecule has 0 aliphatic carbocycles. The molecule has 2 atom stereocenters. The van der Waals surface area contributed by atoms with E-state index in [2.05, 4.69) is 54.3 Å². The van der Waals surface area contributed by atoms with Gasteiger partial charge in [-0.1, -0.05) is 98.3 Å². The summed E-state index contributed by atoms with van der Waals surface area (Å²) in [5, 5.41) is 0. The van der Waals surface area contributed by atoms with E-state index < -0.39 is 16.1 Å². The molecule has 3 aromatic carbocycles. The van der Waals surface area contributed by atoms with Crippen LogP contribution in [0.4, 0.5) is 0 Å². The maximum atomic E-state index is 13.3. The molecule has 0 fully saturated rings. The van der Waals surface area contributed by atoms with Gasteiger partial charge in [0, 0.05) is 19.1 Å². The molecule has 180 valence electrons. The molecule has 0 saturated heterocycles. The number of sulfonamides is 1. The molecule has 0 spiro atoms. The Balaban J connectivity index is 1.95. The molecule has 3 aromatic rings. The van der Waals surface area contributed by atoms with Gasteiger partial charge in [0.15, 0.2) is 0 Å². The summed E-state index contributed by atoms with van der Waals surface area (Å²) < 4.78 is 29.5. The molecule has 0 aliphatic heterocycles. The van der Waals surface area contributed by atoms with Crippen LogP contribution in [0.5, 0.6) is 0 Å². The minimum atomic E-state index is -3.70. The maximum absolute atomic E-state index is 13.3. The zero-order valence-corrected chi connectivity index (χ0v) is 21.2. The van der Waals surface area contributed by atoms with Gasteiger partial charge in [0.25, 0.3) is 0 Å². The van der Waals surface area contributed by atoms with Gasteiger partial charge < -0.3 is 0 Å². The second-order valence-electron chi connectivity index (χ2n) is 9.27. The van der Waals surface area contributed by atoms with E-state index in [1.165, 1.54) is 11.1 Å². The Hall–Kier alpha value is -2.73. The number of hydrogen-bond donors (Lipinski definition) is 1. The average molecular weight is 477 g/mol. The van der Waals surface area contributed by atoms with Gasteiger partial charge in [-0.2, -0.15) is 0 Å². The highest BCUT2D eigenvalue weighted by atomic mass is 32.2. The van der Waals surface area contributed by atoms with Crippen LogP contribution in [-0.4, -0.2) is 25.4 Å². The standard InChI is InChI=1S/C29H36N2O2S/c1-5-28(30-34(32,33)27-18-16-24(4)17-19-27)29(20-23(2)3)31(21-25-12-8-6-9-13-25)22-26-14-10-7-11-15-26/h5-19,23,28-30H,1,20-22H2,2-4H3/t28-,29+/m1/s1. The predicted molar refractivity (Wildman–Crippen MR) is 141 cm³/mol. The van der Waals surface area contributed by atoms with Crippen molar-refractivity contribution in [1.29, 1.82) is 0 Å². The normalized spacial score (nSPS) is 13.7. The number of hydrogen-bond acceptors (Lipinski definition) is 3. The Labute approximate surface area is 205 Å². The fraction of sp³-hybridized carbons (Fsp3) is 0.310. The molecule has 0 bridgehead atoms. The number of nitrogens with one attached hydrogen (secondary N) is 1. The summed E-state index contributed by atoms with van der Waals surface area (Å²) in [6.07, 6.45) is 2.56. The molecular weight excluding hydrogens is 440 g/mol. The molecular formula is C29H36N2O2S. The van der Waals surface area contributed by atoms with Crippen LogP contribution in [0.25, 0.3) is 0 Å². The van der Waals surface area contributed by atoms with E-state index in [-0.39, 0.29) is 10.9 Å². The lowest BCUT2D eigenvalue weighted by molar-refractivity contribution is 0.140. The Bertz CT molecular complexity index is 1090. The van der Waals surface area contributed by atoms with Gasteiger partial charge in [-0.15, -0.1) is 6.58 Å². The van der Waals surface area contributed by atoms with Crippen LogP contribution < -0.4 is 4.72 Å². The minimum Gasteiger partial charge on any atom is -0.290 e. The molecule has 0 aliphatic rings. The van der Waals surface area contributed by atoms with E-state index in [4.69, 9.17) is 0 Å². The summed E-state index contributed by atoms with van der Waals surface area (Å²) >= 11 is 0. The first-order valence-electron chi connectivity index (χ1n) is 11.8. The lowest BCUT2D eigenvalue weighted by atomic mass is 9.95. The molecule has 0 radical (unpaired) electrons. The fourth-order valence-electron chi connectivity index (χ4n) is 4.18. The third-order valence-corrected chi connectivity index (χ3v) is 7.41. The van der Waals surface area contributed by atoms with E-state index in [9.17, 15) is 8.42 Å². The summed E-state index contributed by atoms with van der Waals surface area (Å²) in [6.45, 7) is 11.7. The van der Waals surface area contributed by atoms with Crippen molar-refractivity contribution in [2.45, 2.75) is 57.3 Å². The number of nitrogens with zero attached hydrogens (tertiary/aromatic N) is 1. The largest absolute Gasteiger partial charge is 0.290 e. The second kappa shape index (κ2) is 12.1. The summed E-state index contributed by atoms with van der Waals surface area (Å²) in [7, 11) is -3.70.